The minimum Gasteiger partial charge on any atom is -0.403 e. The monoisotopic (exact) mass is 419 g/mol. The number of aliphatic hydroxyl groups is 1. The van der Waals surface area contributed by atoms with Crippen LogP contribution in [-0.2, 0) is 9.53 Å². The van der Waals surface area contributed by atoms with E-state index in [2.05, 4.69) is 6.92 Å². The number of carbonyl (C=O) groups is 1. The molecule has 0 aromatic heterocycles. The Kier molecular flexibility index (Phi) is 6.21. The molecule has 0 radical (unpaired) electrons. The Morgan fingerprint density at radius 2 is 1.90 bits per heavy atom. The van der Waals surface area contributed by atoms with Gasteiger partial charge in [0.15, 0.2) is 5.78 Å². The van der Waals surface area contributed by atoms with Gasteiger partial charge in [-0.25, -0.2) is 5.84 Å². The molecule has 30 heavy (non-hydrogen) atoms. The van der Waals surface area contributed by atoms with Crippen molar-refractivity contribution in [3.8, 4) is 0 Å². The third-order valence-corrected chi connectivity index (χ3v) is 9.52. The number of carbonyl (C=O) groups excluding carboxylic acids is 1. The van der Waals surface area contributed by atoms with Crippen LogP contribution in [0.4, 0.5) is 0 Å². The number of hydrogen-bond acceptors (Lipinski definition) is 6. The Morgan fingerprint density at radius 3 is 2.63 bits per heavy atom. The normalized spacial score (nSPS) is 45.6. The second-order valence-electron chi connectivity index (χ2n) is 11.0. The van der Waals surface area contributed by atoms with Gasteiger partial charge in [-0.15, -0.1) is 0 Å². The average Bonchev–Trinajstić information content (AvgIpc) is 3.05. The van der Waals surface area contributed by atoms with E-state index < -0.39 is 5.60 Å². The maximum atomic E-state index is 13.1. The Hall–Kier alpha value is -1.11. The van der Waals surface area contributed by atoms with E-state index in [0.29, 0.717) is 18.4 Å². The number of nitrogens with zero attached hydrogens (tertiary/aromatic N) is 1. The third-order valence-electron chi connectivity index (χ3n) is 9.52. The number of ketones is 1. The molecule has 4 aliphatic carbocycles. The lowest BCUT2D eigenvalue weighted by atomic mass is 9.49. The summed E-state index contributed by atoms with van der Waals surface area (Å²) in [4.78, 5) is 13.1. The number of hydrazine groups is 1. The van der Waals surface area contributed by atoms with Crippen molar-refractivity contribution in [2.24, 2.45) is 52.5 Å². The molecule has 170 valence electrons. The first-order valence-electron chi connectivity index (χ1n) is 11.9. The molecular formula is C24H41N3O3. The van der Waals surface area contributed by atoms with Crippen molar-refractivity contribution in [1.29, 1.82) is 0 Å². The fraction of sp³-hybridized carbons (Fsp3) is 0.875. The van der Waals surface area contributed by atoms with Gasteiger partial charge in [0, 0.05) is 25.4 Å². The van der Waals surface area contributed by atoms with Crippen LogP contribution in [-0.4, -0.2) is 41.8 Å². The predicted molar refractivity (Wildman–Crippen MR) is 117 cm³/mol. The largest absolute Gasteiger partial charge is 0.403 e. The number of ether oxygens (including phenoxy) is 1. The van der Waals surface area contributed by atoms with Crippen molar-refractivity contribution in [2.75, 3.05) is 20.3 Å². The molecule has 4 aliphatic rings. The molecule has 0 bridgehead atoms. The van der Waals surface area contributed by atoms with Crippen LogP contribution in [0.3, 0.4) is 0 Å². The van der Waals surface area contributed by atoms with Gasteiger partial charge >= 0.3 is 0 Å². The molecule has 0 spiro atoms. The first-order chi connectivity index (χ1) is 14.3. The van der Waals surface area contributed by atoms with Gasteiger partial charge in [-0.3, -0.25) is 4.79 Å². The number of Topliss-reactive ketones (excluding diaryl/α,β-unsaturated/α-hetero) is 1. The van der Waals surface area contributed by atoms with Gasteiger partial charge in [0.05, 0.1) is 18.8 Å². The summed E-state index contributed by atoms with van der Waals surface area (Å²) in [6.07, 6.45) is 12.9. The number of fused-ring (bicyclic) bond motifs is 5. The molecule has 6 heteroatoms. The summed E-state index contributed by atoms with van der Waals surface area (Å²) < 4.78 is 5.31. The van der Waals surface area contributed by atoms with Crippen LogP contribution in [0.1, 0.15) is 64.7 Å². The molecule has 0 aromatic carbocycles. The molecule has 4 rings (SSSR count). The summed E-state index contributed by atoms with van der Waals surface area (Å²) in [7, 11) is 1.69. The summed E-state index contributed by atoms with van der Waals surface area (Å²) in [5, 5.41) is 12.3. The zero-order valence-electron chi connectivity index (χ0n) is 18.8. The fourth-order valence-corrected chi connectivity index (χ4v) is 8.34. The molecule has 8 atom stereocenters. The fourth-order valence-electron chi connectivity index (χ4n) is 8.34. The van der Waals surface area contributed by atoms with Gasteiger partial charge in [-0.05, 0) is 92.8 Å². The number of hydrogen-bond donors (Lipinski definition) is 3. The van der Waals surface area contributed by atoms with Crippen molar-refractivity contribution < 1.29 is 14.6 Å². The Morgan fingerprint density at radius 1 is 1.13 bits per heavy atom. The molecule has 0 heterocycles. The van der Waals surface area contributed by atoms with E-state index in [0.717, 1.165) is 49.9 Å². The Bertz CT molecular complexity index is 670. The van der Waals surface area contributed by atoms with Crippen LogP contribution >= 0.6 is 0 Å². The third kappa shape index (κ3) is 3.80. The van der Waals surface area contributed by atoms with Gasteiger partial charge in [0.2, 0.25) is 0 Å². The molecule has 0 aromatic rings. The zero-order chi connectivity index (χ0) is 21.5. The van der Waals surface area contributed by atoms with Crippen LogP contribution in [0.15, 0.2) is 12.4 Å². The second-order valence-corrected chi connectivity index (χ2v) is 11.0. The highest BCUT2D eigenvalue weighted by atomic mass is 16.5. The van der Waals surface area contributed by atoms with Crippen molar-refractivity contribution in [2.45, 2.75) is 70.3 Å². The SMILES string of the molecule is COC[C@@]1(O)CC[C@H]2[C@H](CC[C@@H]3[C@@H]2CC[C@]2(C)[C@@H](C(=O)CN(N)/C=C\N)CC[C@@H]32)C1. The van der Waals surface area contributed by atoms with E-state index >= 15 is 0 Å². The summed E-state index contributed by atoms with van der Waals surface area (Å²) in [5.41, 5.74) is 4.91. The minimum absolute atomic E-state index is 0.115. The second kappa shape index (κ2) is 8.44. The smallest absolute Gasteiger partial charge is 0.157 e. The number of rotatable bonds is 6. The van der Waals surface area contributed by atoms with Crippen LogP contribution < -0.4 is 11.6 Å². The van der Waals surface area contributed by atoms with E-state index in [-0.39, 0.29) is 23.7 Å². The average molecular weight is 420 g/mol. The molecular weight excluding hydrogens is 378 g/mol. The molecule has 4 fully saturated rings. The van der Waals surface area contributed by atoms with Gasteiger partial charge in [-0.2, -0.15) is 0 Å². The van der Waals surface area contributed by atoms with Gasteiger partial charge in [0.25, 0.3) is 0 Å². The molecule has 5 N–H and O–H groups in total. The van der Waals surface area contributed by atoms with Crippen LogP contribution in [0.25, 0.3) is 0 Å². The van der Waals surface area contributed by atoms with Crippen molar-refractivity contribution in [1.82, 2.24) is 5.01 Å². The van der Waals surface area contributed by atoms with E-state index in [1.807, 2.05) is 0 Å². The lowest BCUT2D eigenvalue weighted by molar-refractivity contribution is -0.136. The highest BCUT2D eigenvalue weighted by Gasteiger charge is 2.59. The molecule has 0 saturated heterocycles. The molecule has 6 nitrogen and oxygen atoms in total. The Balaban J connectivity index is 1.45. The maximum Gasteiger partial charge on any atom is 0.157 e. The number of nitrogens with two attached hydrogens (primary N) is 2. The van der Waals surface area contributed by atoms with E-state index in [1.165, 1.54) is 36.9 Å². The van der Waals surface area contributed by atoms with E-state index in [4.69, 9.17) is 16.3 Å². The lowest BCUT2D eigenvalue weighted by Gasteiger charge is -2.57. The first-order valence-corrected chi connectivity index (χ1v) is 11.9. The van der Waals surface area contributed by atoms with Crippen molar-refractivity contribution in [3.63, 3.8) is 0 Å². The lowest BCUT2D eigenvalue weighted by Crippen LogP contribution is -2.52. The van der Waals surface area contributed by atoms with Gasteiger partial charge in [0.1, 0.15) is 0 Å². The summed E-state index contributed by atoms with van der Waals surface area (Å²) in [6.45, 7) is 3.09. The van der Waals surface area contributed by atoms with Crippen molar-refractivity contribution >= 4 is 5.78 Å². The quantitative estimate of drug-likeness (QED) is 0.452. The van der Waals surface area contributed by atoms with Crippen LogP contribution in [0.2, 0.25) is 0 Å². The minimum atomic E-state index is -0.622. The molecule has 0 aliphatic heterocycles. The summed E-state index contributed by atoms with van der Waals surface area (Å²) in [6, 6.07) is 0. The number of methoxy groups -OCH3 is 1. The van der Waals surface area contributed by atoms with Gasteiger partial charge < -0.3 is 20.6 Å². The standard InChI is InChI=1S/C24H41N3O3/c1-23-9-7-18-17-8-10-24(29,15-30-2)13-16(17)3-4-19(18)20(23)5-6-21(23)22(28)14-27(26)12-11-25/h11-12,16-21,29H,3-10,13-15,25-26H2,1-2H3/b12-11-/t16-,17+,18-,19-,20+,21-,23+,24-/m1/s1. The van der Waals surface area contributed by atoms with Crippen LogP contribution in [0, 0.1) is 40.9 Å². The highest BCUT2D eigenvalue weighted by Crippen LogP contribution is 2.64. The highest BCUT2D eigenvalue weighted by molar-refractivity contribution is 5.84. The summed E-state index contributed by atoms with van der Waals surface area (Å²) in [5.74, 6) is 9.85. The maximum absolute atomic E-state index is 13.1. The first kappa shape index (κ1) is 22.1. The van der Waals surface area contributed by atoms with E-state index in [1.54, 1.807) is 13.3 Å². The topological polar surface area (TPSA) is 102 Å². The Labute approximate surface area is 181 Å². The zero-order valence-corrected chi connectivity index (χ0v) is 18.8. The molecule has 0 amide bonds. The van der Waals surface area contributed by atoms with E-state index in [9.17, 15) is 9.90 Å². The summed E-state index contributed by atoms with van der Waals surface area (Å²) >= 11 is 0. The van der Waals surface area contributed by atoms with Crippen LogP contribution in [0.5, 0.6) is 0 Å². The molecule has 0 unspecified atom stereocenters. The van der Waals surface area contributed by atoms with Crippen molar-refractivity contribution in [3.05, 3.63) is 12.4 Å². The van der Waals surface area contributed by atoms with Gasteiger partial charge in [-0.1, -0.05) is 6.92 Å². The predicted octanol–water partition coefficient (Wildman–Crippen LogP) is 2.81. The molecule has 4 saturated carbocycles.